The van der Waals surface area contributed by atoms with Crippen molar-refractivity contribution in [3.63, 3.8) is 0 Å². The van der Waals surface area contributed by atoms with Crippen LogP contribution in [0.4, 0.5) is 0 Å². The van der Waals surface area contributed by atoms with Crippen LogP contribution < -0.4 is 5.32 Å². The number of Topliss-reactive ketones (excluding diaryl/α,β-unsaturated/α-hetero) is 2. The zero-order valence-corrected chi connectivity index (χ0v) is 90.4. The largest absolute Gasteiger partial charge is 0.386 e. The highest BCUT2D eigenvalue weighted by Crippen LogP contribution is 2.55. The number of benzene rings is 4. The molecule has 16 bridgehead atoms. The maximum atomic E-state index is 11.9. The van der Waals surface area contributed by atoms with E-state index in [1.165, 1.54) is 402 Å². The molecule has 27 atom stereocenters. The molecule has 8 unspecified atom stereocenters. The second kappa shape index (κ2) is 45.3. The quantitative estimate of drug-likeness (QED) is 0.0727. The number of hydrogen-bond donors (Lipinski definition) is 1. The van der Waals surface area contributed by atoms with Gasteiger partial charge in [-0.25, -0.2) is 19.9 Å². The number of carbonyl (C=O) groups excluding carboxylic acids is 2. The van der Waals surface area contributed by atoms with E-state index in [1.54, 1.807) is 13.8 Å². The van der Waals surface area contributed by atoms with E-state index in [1.807, 2.05) is 12.3 Å². The number of allylic oxidation sites excluding steroid dienone is 1. The molecule has 11 saturated heterocycles. The smallest absolute Gasteiger partial charge is 0.143 e. The van der Waals surface area contributed by atoms with E-state index in [9.17, 15) is 9.59 Å². The molecule has 19 aliphatic rings. The van der Waals surface area contributed by atoms with Gasteiger partial charge < -0.3 is 23.6 Å². The second-order valence-corrected chi connectivity index (χ2v) is 52.6. The summed E-state index contributed by atoms with van der Waals surface area (Å²) in [6, 6.07) is 54.8. The molecular formula is C129H182N16O2. The maximum Gasteiger partial charge on any atom is 0.143 e. The molecule has 28 rings (SSSR count). The number of hydrogen-bond acceptors (Lipinski definition) is 14. The Hall–Kier alpha value is -7.45. The molecule has 8 aliphatic carbocycles. The summed E-state index contributed by atoms with van der Waals surface area (Å²) in [5, 5.41) is 3.64. The number of rotatable bonds is 21. The summed E-state index contributed by atoms with van der Waals surface area (Å²) in [6.45, 7) is 11.3. The highest BCUT2D eigenvalue weighted by Gasteiger charge is 2.52. The third-order valence-electron chi connectivity index (χ3n) is 43.0. The van der Waals surface area contributed by atoms with E-state index in [4.69, 9.17) is 19.9 Å². The molecule has 8 saturated carbocycles. The molecule has 1 N–H and O–H groups in total. The molecule has 790 valence electrons. The molecule has 0 radical (unpaired) electrons. The number of piperidine rings is 8. The van der Waals surface area contributed by atoms with E-state index in [2.05, 4.69) is 174 Å². The van der Waals surface area contributed by atoms with Crippen molar-refractivity contribution in [2.75, 3.05) is 26.2 Å². The van der Waals surface area contributed by atoms with Gasteiger partial charge in [0.25, 0.3) is 0 Å². The van der Waals surface area contributed by atoms with Crippen molar-refractivity contribution in [1.82, 2.24) is 77.9 Å². The molecule has 9 aromatic rings. The fraction of sp³-hybridized carbons (Fsp3) is 0.713. The van der Waals surface area contributed by atoms with Gasteiger partial charge in [-0.05, 0) is 353 Å². The summed E-state index contributed by atoms with van der Waals surface area (Å²) in [6.07, 6.45) is 82.6. The predicted octanol–water partition coefficient (Wildman–Crippen LogP) is 27.2. The van der Waals surface area contributed by atoms with Crippen LogP contribution in [0.5, 0.6) is 0 Å². The number of carbonyl (C=O) groups is 2. The number of para-hydroxylation sites is 8. The van der Waals surface area contributed by atoms with Crippen LogP contribution in [0.3, 0.4) is 0 Å². The van der Waals surface area contributed by atoms with Gasteiger partial charge >= 0.3 is 0 Å². The van der Waals surface area contributed by atoms with E-state index in [0.717, 1.165) is 188 Å². The molecule has 5 aromatic heterocycles. The summed E-state index contributed by atoms with van der Waals surface area (Å²) in [5.74, 6) is 13.7. The van der Waals surface area contributed by atoms with Crippen LogP contribution in [0.25, 0.3) is 44.1 Å². The van der Waals surface area contributed by atoms with Crippen molar-refractivity contribution in [2.45, 2.75) is 507 Å². The first-order valence-electron chi connectivity index (χ1n) is 62.0. The molecule has 0 spiro atoms. The lowest BCUT2D eigenvalue weighted by atomic mass is 9.73. The van der Waals surface area contributed by atoms with Crippen LogP contribution in [0.2, 0.25) is 0 Å². The second-order valence-electron chi connectivity index (χ2n) is 52.6. The minimum absolute atomic E-state index is 0.285. The van der Waals surface area contributed by atoms with Crippen molar-refractivity contribution in [3.8, 4) is 0 Å². The normalized spacial score (nSPS) is 35.9. The number of aromatic nitrogens is 9. The standard InChI is InChI=1S/C34H50N4O.C33H48N4O.C31H44N4.C31H40N4/c1-24(39)15-17-36-16-7-12-27(36)23-34-35-32-13-4-5-14-33(32)38(34)31-21-28-10-6-11-29(22-31)37(28)30-19-25-8-2-3-9-26(18-25)20-30;1-23(38)22-35-15-7-12-26(35)21-33-34-31-13-4-5-14-32(31)37(33)30-19-27-10-6-11-28(20-30)36(27)29-17-24-8-2-3-9-25(16-24)18-29;1-21-13-14-24(32-21)18-31-33-29-11-4-5-12-30(29)35(31)28-19-25-9-6-10-26(20-28)34(25)27-16-22-7-2-3-8-23(15-22)17-27;1-2-9-23-16-22(8-1)17-27(18-23)34-25-11-7-12-26(34)21-28(20-25)35-30-14-4-3-13-29(30)33-31(35)19-24-10-5-6-15-32-24/h4-5,13-14,25-31H,2-3,6-12,15-23H2,1H3;4-5,13-14,24-30H,2-3,6-12,15-22H2,1H3;4-5,11-12,22-28,32H,1-3,6-10,13-20H2;3-6,10,13-15,22-23,25-28H,1-2,7-9,11-12,16-21H2/t25-,26+,27-,28-,29+,30?,31?;24-,25+,26-,27-,28+,29?,30?;22-,23+,24-,25-,26+,27?,28?;22-,23+,25-,26+,27?,28?/m000./s1. The van der Waals surface area contributed by atoms with Gasteiger partial charge in [0.15, 0.2) is 0 Å². The fourth-order valence-corrected chi connectivity index (χ4v) is 37.4. The lowest BCUT2D eigenvalue weighted by Crippen LogP contribution is -2.58. The highest BCUT2D eigenvalue weighted by molar-refractivity contribution is 5.80. The average molecular weight is 1990 g/mol. The molecule has 18 nitrogen and oxygen atoms in total. The summed E-state index contributed by atoms with van der Waals surface area (Å²) in [5.41, 5.74) is 12.3. The van der Waals surface area contributed by atoms with Crippen molar-refractivity contribution in [3.05, 3.63) is 163 Å². The van der Waals surface area contributed by atoms with Crippen LogP contribution in [-0.4, -0.2) is 201 Å². The van der Waals surface area contributed by atoms with Crippen molar-refractivity contribution in [1.29, 1.82) is 0 Å². The molecule has 147 heavy (non-hydrogen) atoms. The maximum absolute atomic E-state index is 11.9. The summed E-state index contributed by atoms with van der Waals surface area (Å²) in [7, 11) is 0. The van der Waals surface area contributed by atoms with Crippen LogP contribution in [0, 0.1) is 47.3 Å². The molecular weight excluding hydrogens is 1810 g/mol. The van der Waals surface area contributed by atoms with Crippen LogP contribution in [0.1, 0.15) is 420 Å². The van der Waals surface area contributed by atoms with Gasteiger partial charge in [-0.2, -0.15) is 0 Å². The fourth-order valence-electron chi connectivity index (χ4n) is 37.4. The molecule has 0 amide bonds. The summed E-state index contributed by atoms with van der Waals surface area (Å²) in [4.78, 5) is 66.6. The number of nitrogens with zero attached hydrogens (tertiary/aromatic N) is 15. The van der Waals surface area contributed by atoms with Crippen LogP contribution >= 0.6 is 0 Å². The van der Waals surface area contributed by atoms with Gasteiger partial charge in [0.05, 0.1) is 50.7 Å². The number of imidazole rings is 4. The zero-order chi connectivity index (χ0) is 98.5. The van der Waals surface area contributed by atoms with Gasteiger partial charge in [0, 0.05) is 171 Å². The number of nitrogens with one attached hydrogen (secondary N) is 1. The Balaban J connectivity index is 0.000000102. The third-order valence-corrected chi connectivity index (χ3v) is 43.0. The van der Waals surface area contributed by atoms with Gasteiger partial charge in [-0.3, -0.25) is 44.0 Å². The molecule has 4 aromatic carbocycles. The first-order chi connectivity index (χ1) is 72.3. The minimum atomic E-state index is 0.285. The SMILES string of the molecule is C=C1CC[C@@H](Cc2nc3ccccc3n2C2C[C@H]3CCC[C@@H](C2)N3C2C[C@H]3CCCC[C@@H](C2)C3)N1.CC(=O)CCN1CCC[C@H]1Cc1nc2ccccc2n1C1C[C@H]2CCC[C@@H](C1)N2C1C[C@H]2CCCC[C@@H](C1)C2.CC(=O)CN1CCC[C@H]1Cc1nc2ccccc2n1C1C[C@H]2CCC[C@@H](C1)N2C1C[C@H]2CCCC[C@@H](C1)C2.c1ccc(Cc2nc3ccccc3n2C2C[C@H]3CCC[C@@H](C2)N3C2C[C@H]3CCCC[C@@H](C2)C3)nc1. The lowest BCUT2D eigenvalue weighted by Gasteiger charge is -2.54. The van der Waals surface area contributed by atoms with Crippen LogP contribution in [-0.2, 0) is 35.3 Å². The monoisotopic (exact) mass is 1990 g/mol. The highest BCUT2D eigenvalue weighted by atomic mass is 16.1. The molecule has 19 fully saturated rings. The van der Waals surface area contributed by atoms with Gasteiger partial charge in [0.1, 0.15) is 34.9 Å². The Labute approximate surface area is 881 Å². The molecule has 11 aliphatic heterocycles. The summed E-state index contributed by atoms with van der Waals surface area (Å²) >= 11 is 0. The van der Waals surface area contributed by atoms with Crippen molar-refractivity contribution < 1.29 is 9.59 Å². The Morgan fingerprint density at radius 3 is 0.918 bits per heavy atom. The summed E-state index contributed by atoms with van der Waals surface area (Å²) < 4.78 is 10.7. The predicted molar refractivity (Wildman–Crippen MR) is 596 cm³/mol. The molecule has 16 heterocycles. The van der Waals surface area contributed by atoms with Crippen molar-refractivity contribution >= 4 is 55.7 Å². The topological polar surface area (TPSA) is 150 Å². The number of pyridine rings is 1. The Morgan fingerprint density at radius 1 is 0.299 bits per heavy atom. The Bertz CT molecular complexity index is 5840. The van der Waals surface area contributed by atoms with Crippen molar-refractivity contribution in [2.24, 2.45) is 47.3 Å². The van der Waals surface area contributed by atoms with Gasteiger partial charge in [-0.15, -0.1) is 0 Å². The Kier molecular flexibility index (Phi) is 30.9. The van der Waals surface area contributed by atoms with E-state index in [-0.39, 0.29) is 5.78 Å². The van der Waals surface area contributed by atoms with Gasteiger partial charge in [-0.1, -0.05) is 190 Å². The molecule has 18 heteroatoms. The van der Waals surface area contributed by atoms with E-state index < -0.39 is 0 Å². The number of likely N-dealkylation sites (tertiary alicyclic amines) is 2. The average Bonchev–Trinajstić information content (AvgIpc) is 1.59. The minimum Gasteiger partial charge on any atom is -0.386 e. The Morgan fingerprint density at radius 2 is 0.605 bits per heavy atom. The van der Waals surface area contributed by atoms with Crippen LogP contribution in [0.15, 0.2) is 134 Å². The first-order valence-corrected chi connectivity index (χ1v) is 62.0. The van der Waals surface area contributed by atoms with Gasteiger partial charge in [0.2, 0.25) is 0 Å². The van der Waals surface area contributed by atoms with E-state index in [0.29, 0.717) is 61.0 Å². The third kappa shape index (κ3) is 22.0. The lowest BCUT2D eigenvalue weighted by molar-refractivity contribution is -0.118. The number of fused-ring (bicyclic) bond motifs is 20. The number of ketones is 2. The van der Waals surface area contributed by atoms with E-state index >= 15 is 0 Å². The first kappa shape index (κ1) is 100. The zero-order valence-electron chi connectivity index (χ0n) is 90.4.